The van der Waals surface area contributed by atoms with E-state index in [1.165, 1.54) is 0 Å². The van der Waals surface area contributed by atoms with Gasteiger partial charge >= 0.3 is 0 Å². The molecule has 2 aromatic rings. The molecule has 0 aliphatic heterocycles. The third-order valence-electron chi connectivity index (χ3n) is 2.67. The Balaban J connectivity index is 2.15. The van der Waals surface area contributed by atoms with Crippen molar-refractivity contribution in [2.75, 3.05) is 19.0 Å². The van der Waals surface area contributed by atoms with Gasteiger partial charge in [0.2, 0.25) is 0 Å². The molecular formula is C12H18N6. The smallest absolute Gasteiger partial charge is 0.136 e. The molecule has 6 nitrogen and oxygen atoms in total. The predicted octanol–water partition coefficient (Wildman–Crippen LogP) is 0.566. The first-order valence-corrected chi connectivity index (χ1v) is 5.83. The van der Waals surface area contributed by atoms with Crippen LogP contribution in [0.4, 0.5) is 5.82 Å². The molecule has 0 aromatic carbocycles. The summed E-state index contributed by atoms with van der Waals surface area (Å²) in [5.74, 6) is 0.947. The van der Waals surface area contributed by atoms with Crippen LogP contribution in [0.25, 0.3) is 0 Å². The molecule has 6 heteroatoms. The highest BCUT2D eigenvalue weighted by Gasteiger charge is 2.09. The van der Waals surface area contributed by atoms with E-state index in [-0.39, 0.29) is 0 Å². The number of aryl methyl sites for hydroxylation is 1. The van der Waals surface area contributed by atoms with Crippen molar-refractivity contribution in [3.63, 3.8) is 0 Å². The summed E-state index contributed by atoms with van der Waals surface area (Å²) in [5, 5.41) is 7.29. The lowest BCUT2D eigenvalue weighted by molar-refractivity contribution is 0.765. The Bertz CT molecular complexity index is 507. The van der Waals surface area contributed by atoms with Crippen molar-refractivity contribution < 1.29 is 0 Å². The molecule has 0 unspecified atom stereocenters. The van der Waals surface area contributed by atoms with E-state index < -0.39 is 0 Å². The van der Waals surface area contributed by atoms with Crippen LogP contribution in [0.3, 0.4) is 0 Å². The van der Waals surface area contributed by atoms with Gasteiger partial charge in [-0.05, 0) is 7.05 Å². The fourth-order valence-electron chi connectivity index (χ4n) is 1.91. The minimum atomic E-state index is 0.757. The second-order valence-corrected chi connectivity index (χ2v) is 4.28. The molecule has 96 valence electrons. The van der Waals surface area contributed by atoms with Crippen molar-refractivity contribution in [3.8, 4) is 0 Å². The van der Waals surface area contributed by atoms with E-state index in [1.807, 2.05) is 39.7 Å². The number of nitrogens with zero attached hydrogens (tertiary/aromatic N) is 5. The lowest BCUT2D eigenvalue weighted by Crippen LogP contribution is -2.21. The van der Waals surface area contributed by atoms with Crippen LogP contribution in [0, 0.1) is 0 Å². The fraction of sp³-hybridized carbons (Fsp3) is 0.417. The van der Waals surface area contributed by atoms with Gasteiger partial charge < -0.3 is 10.2 Å². The number of hydrogen-bond donors (Lipinski definition) is 1. The largest absolute Gasteiger partial charge is 0.355 e. The van der Waals surface area contributed by atoms with Crippen molar-refractivity contribution in [2.24, 2.45) is 7.05 Å². The van der Waals surface area contributed by atoms with Gasteiger partial charge in [-0.1, -0.05) is 0 Å². The van der Waals surface area contributed by atoms with E-state index in [1.54, 1.807) is 11.0 Å². The maximum absolute atomic E-state index is 4.35. The molecule has 2 heterocycles. The van der Waals surface area contributed by atoms with Crippen LogP contribution in [-0.4, -0.2) is 33.8 Å². The van der Waals surface area contributed by atoms with E-state index >= 15 is 0 Å². The lowest BCUT2D eigenvalue weighted by Gasteiger charge is -2.19. The highest BCUT2D eigenvalue weighted by Crippen LogP contribution is 2.16. The zero-order valence-corrected chi connectivity index (χ0v) is 11.0. The molecule has 0 bridgehead atoms. The lowest BCUT2D eigenvalue weighted by atomic mass is 10.2. The van der Waals surface area contributed by atoms with Crippen LogP contribution < -0.4 is 10.2 Å². The van der Waals surface area contributed by atoms with Crippen LogP contribution in [0.5, 0.6) is 0 Å². The molecule has 0 spiro atoms. The van der Waals surface area contributed by atoms with Crippen LogP contribution >= 0.6 is 0 Å². The Morgan fingerprint density at radius 3 is 2.89 bits per heavy atom. The van der Waals surface area contributed by atoms with E-state index in [4.69, 9.17) is 0 Å². The summed E-state index contributed by atoms with van der Waals surface area (Å²) >= 11 is 0. The van der Waals surface area contributed by atoms with Gasteiger partial charge in [0, 0.05) is 50.7 Å². The van der Waals surface area contributed by atoms with Gasteiger partial charge in [0.15, 0.2) is 0 Å². The first kappa shape index (κ1) is 12.5. The van der Waals surface area contributed by atoms with Gasteiger partial charge in [0.25, 0.3) is 0 Å². The van der Waals surface area contributed by atoms with Crippen molar-refractivity contribution in [2.45, 2.75) is 13.1 Å². The Kier molecular flexibility index (Phi) is 3.88. The highest BCUT2D eigenvalue weighted by molar-refractivity contribution is 5.45. The fourth-order valence-corrected chi connectivity index (χ4v) is 1.91. The number of rotatable bonds is 5. The third-order valence-corrected chi connectivity index (χ3v) is 2.67. The molecule has 0 aliphatic carbocycles. The van der Waals surface area contributed by atoms with Crippen LogP contribution in [0.2, 0.25) is 0 Å². The zero-order chi connectivity index (χ0) is 13.0. The summed E-state index contributed by atoms with van der Waals surface area (Å²) in [5.41, 5.74) is 2.25. The van der Waals surface area contributed by atoms with Crippen LogP contribution in [0.1, 0.15) is 11.1 Å². The van der Waals surface area contributed by atoms with Gasteiger partial charge in [-0.15, -0.1) is 0 Å². The molecule has 0 radical (unpaired) electrons. The summed E-state index contributed by atoms with van der Waals surface area (Å²) in [6.07, 6.45) is 7.30. The SMILES string of the molecule is CNCc1cncnc1N(C)Cc1cnn(C)c1. The second-order valence-electron chi connectivity index (χ2n) is 4.28. The standard InChI is InChI=1S/C12H18N6/c1-13-5-11-6-14-9-15-12(11)17(2)7-10-4-16-18(3)8-10/h4,6,8-9,13H,5,7H2,1-3H3. The first-order valence-electron chi connectivity index (χ1n) is 5.83. The first-order chi connectivity index (χ1) is 8.70. The molecule has 0 atom stereocenters. The quantitative estimate of drug-likeness (QED) is 0.835. The second kappa shape index (κ2) is 5.59. The van der Waals surface area contributed by atoms with Gasteiger partial charge in [0.05, 0.1) is 6.20 Å². The van der Waals surface area contributed by atoms with E-state index in [9.17, 15) is 0 Å². The van der Waals surface area contributed by atoms with Crippen molar-refractivity contribution >= 4 is 5.82 Å². The van der Waals surface area contributed by atoms with Crippen LogP contribution in [-0.2, 0) is 20.1 Å². The molecule has 0 amide bonds. The summed E-state index contributed by atoms with van der Waals surface area (Å²) in [6, 6.07) is 0. The monoisotopic (exact) mass is 246 g/mol. The van der Waals surface area contributed by atoms with Gasteiger partial charge in [-0.2, -0.15) is 5.10 Å². The average Bonchev–Trinajstić information content (AvgIpc) is 2.76. The van der Waals surface area contributed by atoms with Gasteiger partial charge in [-0.3, -0.25) is 4.68 Å². The van der Waals surface area contributed by atoms with Crippen molar-refractivity contribution in [3.05, 3.63) is 36.0 Å². The minimum Gasteiger partial charge on any atom is -0.355 e. The number of aromatic nitrogens is 4. The van der Waals surface area contributed by atoms with Crippen molar-refractivity contribution in [1.29, 1.82) is 0 Å². The molecule has 0 aliphatic rings. The summed E-state index contributed by atoms with van der Waals surface area (Å²) in [6.45, 7) is 1.54. The van der Waals surface area contributed by atoms with Crippen molar-refractivity contribution in [1.82, 2.24) is 25.1 Å². The maximum Gasteiger partial charge on any atom is 0.136 e. The Labute approximate surface area is 107 Å². The molecule has 1 N–H and O–H groups in total. The Morgan fingerprint density at radius 2 is 2.22 bits per heavy atom. The Morgan fingerprint density at radius 1 is 1.39 bits per heavy atom. The molecule has 2 aromatic heterocycles. The van der Waals surface area contributed by atoms with E-state index in [0.29, 0.717) is 0 Å². The maximum atomic E-state index is 4.35. The molecule has 0 saturated carbocycles. The molecular weight excluding hydrogens is 228 g/mol. The average molecular weight is 246 g/mol. The normalized spacial score (nSPS) is 10.6. The highest BCUT2D eigenvalue weighted by atomic mass is 15.2. The number of anilines is 1. The minimum absolute atomic E-state index is 0.757. The molecule has 0 fully saturated rings. The summed E-state index contributed by atoms with van der Waals surface area (Å²) in [4.78, 5) is 10.5. The Hall–Kier alpha value is -1.95. The topological polar surface area (TPSA) is 58.9 Å². The predicted molar refractivity (Wildman–Crippen MR) is 70.1 cm³/mol. The molecule has 2 rings (SSSR count). The molecule has 18 heavy (non-hydrogen) atoms. The van der Waals surface area contributed by atoms with E-state index in [0.717, 1.165) is 30.0 Å². The molecule has 0 saturated heterocycles. The number of nitrogens with one attached hydrogen (secondary N) is 1. The third kappa shape index (κ3) is 2.84. The summed E-state index contributed by atoms with van der Waals surface area (Å²) < 4.78 is 1.80. The van der Waals surface area contributed by atoms with Gasteiger partial charge in [0.1, 0.15) is 12.1 Å². The number of hydrogen-bond acceptors (Lipinski definition) is 5. The zero-order valence-electron chi connectivity index (χ0n) is 11.0. The van der Waals surface area contributed by atoms with Gasteiger partial charge in [-0.25, -0.2) is 9.97 Å². The summed E-state index contributed by atoms with van der Waals surface area (Å²) in [7, 11) is 5.85. The van der Waals surface area contributed by atoms with E-state index in [2.05, 4.69) is 25.3 Å². The van der Waals surface area contributed by atoms with Crippen LogP contribution in [0.15, 0.2) is 24.9 Å².